The first-order valence-electron chi connectivity index (χ1n) is 10.8. The maximum atomic E-state index is 9.56. The zero-order valence-electron chi connectivity index (χ0n) is 17.0. The van der Waals surface area contributed by atoms with Crippen LogP contribution in [0.25, 0.3) is 0 Å². The van der Waals surface area contributed by atoms with E-state index in [4.69, 9.17) is 0 Å². The second-order valence-electron chi connectivity index (χ2n) is 8.12. The molecule has 8 heteroatoms. The van der Waals surface area contributed by atoms with E-state index in [1.807, 2.05) is 30.5 Å². The lowest BCUT2D eigenvalue weighted by Crippen LogP contribution is -2.48. The van der Waals surface area contributed by atoms with E-state index in [0.29, 0.717) is 11.8 Å². The Kier molecular flexibility index (Phi) is 5.31. The van der Waals surface area contributed by atoms with E-state index in [1.54, 1.807) is 12.1 Å². The van der Waals surface area contributed by atoms with Crippen molar-refractivity contribution in [3.8, 4) is 5.75 Å². The van der Waals surface area contributed by atoms with Crippen molar-refractivity contribution in [3.63, 3.8) is 0 Å². The van der Waals surface area contributed by atoms with Crippen LogP contribution in [-0.2, 0) is 0 Å². The average Bonchev–Trinajstić information content (AvgIpc) is 3.48. The summed E-state index contributed by atoms with van der Waals surface area (Å²) in [6.45, 7) is 3.58. The van der Waals surface area contributed by atoms with Crippen LogP contribution in [-0.4, -0.2) is 61.4 Å². The number of piperazine rings is 1. The molecular weight excluding hydrogens is 378 g/mol. The number of aromatic hydroxyl groups is 1. The summed E-state index contributed by atoms with van der Waals surface area (Å²) in [5.41, 5.74) is 2.13. The van der Waals surface area contributed by atoms with Crippen molar-refractivity contribution in [2.24, 2.45) is 0 Å². The van der Waals surface area contributed by atoms with E-state index < -0.39 is 0 Å². The highest BCUT2D eigenvalue weighted by Crippen LogP contribution is 2.34. The number of tetrazole rings is 1. The number of aromatic nitrogens is 5. The number of nitrogens with zero attached hydrogens (tertiary/aromatic N) is 7. The van der Waals surface area contributed by atoms with E-state index in [1.165, 1.54) is 12.8 Å². The van der Waals surface area contributed by atoms with Crippen molar-refractivity contribution in [3.05, 3.63) is 60.2 Å². The standard InChI is InChI=1S/C22H27N7O/c30-19-10-8-17(9-11-19)27-13-15-28(16-14-27)21(20-7-3-4-12-23-20)22-24-25-26-29(22)18-5-1-2-6-18/h3-4,7-12,18,21,30H,1-2,5-6,13-16H2/t21-/m0/s1. The number of phenolic OH excluding ortho intramolecular Hbond substituents is 1. The fraction of sp³-hybridized carbons (Fsp3) is 0.455. The molecule has 30 heavy (non-hydrogen) atoms. The predicted octanol–water partition coefficient (Wildman–Crippen LogP) is 2.80. The molecule has 5 rings (SSSR count). The van der Waals surface area contributed by atoms with Crippen molar-refractivity contribution >= 4 is 5.69 Å². The van der Waals surface area contributed by atoms with Crippen LogP contribution in [0.3, 0.4) is 0 Å². The molecule has 1 aliphatic carbocycles. The van der Waals surface area contributed by atoms with Gasteiger partial charge in [0.2, 0.25) is 0 Å². The maximum Gasteiger partial charge on any atom is 0.174 e. The van der Waals surface area contributed by atoms with Gasteiger partial charge in [-0.05, 0) is 59.7 Å². The summed E-state index contributed by atoms with van der Waals surface area (Å²) in [5.74, 6) is 1.20. The largest absolute Gasteiger partial charge is 0.508 e. The molecule has 1 saturated heterocycles. The number of anilines is 1. The molecule has 2 aliphatic rings. The monoisotopic (exact) mass is 405 g/mol. The van der Waals surface area contributed by atoms with Gasteiger partial charge in [-0.3, -0.25) is 9.88 Å². The molecule has 0 amide bonds. The molecule has 156 valence electrons. The van der Waals surface area contributed by atoms with Crippen LogP contribution in [0, 0.1) is 0 Å². The molecule has 1 aliphatic heterocycles. The summed E-state index contributed by atoms with van der Waals surface area (Å²) in [4.78, 5) is 9.47. The molecule has 8 nitrogen and oxygen atoms in total. The Balaban J connectivity index is 1.40. The summed E-state index contributed by atoms with van der Waals surface area (Å²) < 4.78 is 2.05. The molecule has 0 unspecified atom stereocenters. The molecule has 1 atom stereocenters. The molecule has 1 aromatic carbocycles. The van der Waals surface area contributed by atoms with Crippen molar-refractivity contribution < 1.29 is 5.11 Å². The van der Waals surface area contributed by atoms with Gasteiger partial charge in [0, 0.05) is 38.1 Å². The summed E-state index contributed by atoms with van der Waals surface area (Å²) in [7, 11) is 0. The SMILES string of the molecule is Oc1ccc(N2CCN([C@@H](c3ccccn3)c3nnnn3C3CCCC3)CC2)cc1. The van der Waals surface area contributed by atoms with E-state index in [9.17, 15) is 5.11 Å². The van der Waals surface area contributed by atoms with Gasteiger partial charge in [0.25, 0.3) is 0 Å². The fourth-order valence-electron chi connectivity index (χ4n) is 4.71. The Hall–Kier alpha value is -3.00. The molecule has 2 aromatic heterocycles. The lowest BCUT2D eigenvalue weighted by Gasteiger charge is -2.39. The Morgan fingerprint density at radius 1 is 0.933 bits per heavy atom. The molecule has 2 fully saturated rings. The van der Waals surface area contributed by atoms with E-state index in [2.05, 4.69) is 41.1 Å². The van der Waals surface area contributed by atoms with Gasteiger partial charge >= 0.3 is 0 Å². The highest BCUT2D eigenvalue weighted by Gasteiger charge is 2.33. The maximum absolute atomic E-state index is 9.56. The number of hydrogen-bond donors (Lipinski definition) is 1. The van der Waals surface area contributed by atoms with E-state index in [-0.39, 0.29) is 6.04 Å². The lowest BCUT2D eigenvalue weighted by atomic mass is 10.1. The van der Waals surface area contributed by atoms with Gasteiger partial charge in [0.1, 0.15) is 11.8 Å². The van der Waals surface area contributed by atoms with Crippen molar-refractivity contribution in [1.82, 2.24) is 30.1 Å². The van der Waals surface area contributed by atoms with Crippen molar-refractivity contribution in [2.45, 2.75) is 37.8 Å². The molecule has 0 radical (unpaired) electrons. The Morgan fingerprint density at radius 3 is 2.40 bits per heavy atom. The first kappa shape index (κ1) is 19.0. The lowest BCUT2D eigenvalue weighted by molar-refractivity contribution is 0.194. The number of rotatable bonds is 5. The summed E-state index contributed by atoms with van der Waals surface area (Å²) >= 11 is 0. The second kappa shape index (κ2) is 8.39. The van der Waals surface area contributed by atoms with Crippen LogP contribution in [0.5, 0.6) is 5.75 Å². The molecule has 3 heterocycles. The first-order chi connectivity index (χ1) is 14.8. The minimum Gasteiger partial charge on any atom is -0.508 e. The Bertz CT molecular complexity index is 945. The smallest absolute Gasteiger partial charge is 0.174 e. The fourth-order valence-corrected chi connectivity index (χ4v) is 4.71. The van der Waals surface area contributed by atoms with E-state index >= 15 is 0 Å². The van der Waals surface area contributed by atoms with E-state index in [0.717, 1.165) is 56.2 Å². The van der Waals surface area contributed by atoms with Crippen molar-refractivity contribution in [2.75, 3.05) is 31.1 Å². The topological polar surface area (TPSA) is 83.2 Å². The van der Waals surface area contributed by atoms with Crippen molar-refractivity contribution in [1.29, 1.82) is 0 Å². The summed E-state index contributed by atoms with van der Waals surface area (Å²) in [5, 5.41) is 22.5. The van der Waals surface area contributed by atoms with Crippen LogP contribution in [0.2, 0.25) is 0 Å². The van der Waals surface area contributed by atoms with Gasteiger partial charge in [0.05, 0.1) is 11.7 Å². The number of pyridine rings is 1. The normalized spacial score (nSPS) is 19.3. The van der Waals surface area contributed by atoms with Crippen LogP contribution in [0.1, 0.15) is 49.3 Å². The van der Waals surface area contributed by atoms with Gasteiger partial charge in [-0.25, -0.2) is 4.68 Å². The molecule has 1 saturated carbocycles. The Labute approximate surface area is 176 Å². The Morgan fingerprint density at radius 2 is 1.70 bits per heavy atom. The number of phenols is 1. The van der Waals surface area contributed by atoms with Gasteiger partial charge < -0.3 is 10.0 Å². The third kappa shape index (κ3) is 3.75. The third-order valence-corrected chi connectivity index (χ3v) is 6.30. The molecule has 0 spiro atoms. The van der Waals surface area contributed by atoms with Gasteiger partial charge in [0.15, 0.2) is 5.82 Å². The van der Waals surface area contributed by atoms with Gasteiger partial charge in [-0.1, -0.05) is 18.9 Å². The average molecular weight is 406 g/mol. The van der Waals surface area contributed by atoms with Crippen LogP contribution >= 0.6 is 0 Å². The zero-order chi connectivity index (χ0) is 20.3. The highest BCUT2D eigenvalue weighted by molar-refractivity contribution is 5.49. The first-order valence-corrected chi connectivity index (χ1v) is 10.8. The molecule has 3 aromatic rings. The number of benzene rings is 1. The molecule has 0 bridgehead atoms. The minimum absolute atomic E-state index is 0.0521. The van der Waals surface area contributed by atoms with Crippen LogP contribution < -0.4 is 4.90 Å². The van der Waals surface area contributed by atoms with Gasteiger partial charge in [-0.15, -0.1) is 5.10 Å². The summed E-state index contributed by atoms with van der Waals surface area (Å²) in [6.07, 6.45) is 6.61. The van der Waals surface area contributed by atoms with Crippen LogP contribution in [0.15, 0.2) is 48.7 Å². The molecular formula is C22H27N7O. The highest BCUT2D eigenvalue weighted by atomic mass is 16.3. The second-order valence-corrected chi connectivity index (χ2v) is 8.12. The predicted molar refractivity (Wildman–Crippen MR) is 113 cm³/mol. The third-order valence-electron chi connectivity index (χ3n) is 6.30. The zero-order valence-corrected chi connectivity index (χ0v) is 17.0. The summed E-state index contributed by atoms with van der Waals surface area (Å²) in [6, 6.07) is 13.8. The quantitative estimate of drug-likeness (QED) is 0.699. The van der Waals surface area contributed by atoms with Gasteiger partial charge in [-0.2, -0.15) is 0 Å². The number of hydrogen-bond acceptors (Lipinski definition) is 7. The van der Waals surface area contributed by atoms with Crippen LogP contribution in [0.4, 0.5) is 5.69 Å². The molecule has 1 N–H and O–H groups in total. The minimum atomic E-state index is -0.0521.